The third kappa shape index (κ3) is 4.87. The number of fused-ring (bicyclic) bond motifs is 1. The van der Waals surface area contributed by atoms with Gasteiger partial charge in [0.05, 0.1) is 38.6 Å². The van der Waals surface area contributed by atoms with Gasteiger partial charge < -0.3 is 5.32 Å². The van der Waals surface area contributed by atoms with E-state index in [1.54, 1.807) is 23.6 Å². The van der Waals surface area contributed by atoms with Gasteiger partial charge in [-0.3, -0.25) is 18.9 Å². The van der Waals surface area contributed by atoms with E-state index in [0.717, 1.165) is 31.2 Å². The highest BCUT2D eigenvalue weighted by Gasteiger charge is 2.26. The molecule has 0 radical (unpaired) electrons. The van der Waals surface area contributed by atoms with Crippen LogP contribution in [0.2, 0.25) is 5.02 Å². The van der Waals surface area contributed by atoms with E-state index in [4.69, 9.17) is 16.9 Å². The number of benzene rings is 2. The number of nitriles is 1. The van der Waals surface area contributed by atoms with Crippen molar-refractivity contribution in [2.45, 2.75) is 45.2 Å². The summed E-state index contributed by atoms with van der Waals surface area (Å²) in [4.78, 5) is 30.4. The highest BCUT2D eigenvalue weighted by Crippen LogP contribution is 2.28. The number of imidazole rings is 1. The molecule has 1 amide bonds. The van der Waals surface area contributed by atoms with E-state index in [1.165, 1.54) is 22.9 Å². The molecule has 0 atom stereocenters. The quantitative estimate of drug-likeness (QED) is 0.396. The molecule has 37 heavy (non-hydrogen) atoms. The fraction of sp³-hybridized carbons (Fsp3) is 0.286. The maximum Gasteiger partial charge on any atom is 0.333 e. The van der Waals surface area contributed by atoms with Crippen molar-refractivity contribution in [3.05, 3.63) is 92.9 Å². The molecule has 0 unspecified atom stereocenters. The third-order valence-electron chi connectivity index (χ3n) is 7.09. The first-order valence-electron chi connectivity index (χ1n) is 12.2. The summed E-state index contributed by atoms with van der Waals surface area (Å²) in [5, 5.41) is 12.6. The first kappa shape index (κ1) is 24.7. The highest BCUT2D eigenvalue weighted by molar-refractivity contribution is 6.30. The number of amides is 1. The van der Waals surface area contributed by atoms with Crippen molar-refractivity contribution in [2.24, 2.45) is 5.92 Å². The topological polar surface area (TPSA) is 92.7 Å². The summed E-state index contributed by atoms with van der Waals surface area (Å²) in [6.07, 6.45) is 4.84. The maximum absolute atomic E-state index is 14.3. The summed E-state index contributed by atoms with van der Waals surface area (Å²) in [5.41, 5.74) is 2.64. The minimum absolute atomic E-state index is 0.0434. The second kappa shape index (κ2) is 10.2. The van der Waals surface area contributed by atoms with Gasteiger partial charge in [0, 0.05) is 18.8 Å². The van der Waals surface area contributed by atoms with Crippen molar-refractivity contribution in [3.63, 3.8) is 0 Å². The Morgan fingerprint density at radius 2 is 1.89 bits per heavy atom. The first-order chi connectivity index (χ1) is 17.9. The van der Waals surface area contributed by atoms with Crippen molar-refractivity contribution in [2.75, 3.05) is 0 Å². The van der Waals surface area contributed by atoms with E-state index in [0.29, 0.717) is 34.0 Å². The Kier molecular flexibility index (Phi) is 6.81. The zero-order chi connectivity index (χ0) is 26.1. The molecule has 1 aliphatic carbocycles. The van der Waals surface area contributed by atoms with Crippen LogP contribution in [0.1, 0.15) is 47.3 Å². The molecule has 9 heteroatoms. The Balaban J connectivity index is 1.33. The summed E-state index contributed by atoms with van der Waals surface area (Å²) in [5.74, 6) is -0.574. The Hall–Kier alpha value is -3.96. The molecule has 0 bridgehead atoms. The molecular weight excluding hydrogens is 493 g/mol. The van der Waals surface area contributed by atoms with E-state index in [-0.39, 0.29) is 29.1 Å². The number of nitrogens with one attached hydrogen (secondary N) is 1. The zero-order valence-corrected chi connectivity index (χ0v) is 21.0. The zero-order valence-electron chi connectivity index (χ0n) is 20.2. The average molecular weight is 518 g/mol. The fourth-order valence-electron chi connectivity index (χ4n) is 5.12. The molecule has 2 heterocycles. The molecule has 188 valence electrons. The second-order valence-corrected chi connectivity index (χ2v) is 9.91. The molecule has 1 saturated carbocycles. The predicted octanol–water partition coefficient (Wildman–Crippen LogP) is 5.15. The molecule has 4 aromatic rings. The fourth-order valence-corrected chi connectivity index (χ4v) is 5.27. The lowest BCUT2D eigenvalue weighted by atomic mass is 9.85. The van der Waals surface area contributed by atoms with E-state index in [1.807, 2.05) is 30.3 Å². The molecular formula is C28H25ClFN5O2. The average Bonchev–Trinajstić information content (AvgIpc) is 3.17. The number of aromatic nitrogens is 3. The number of halogens is 2. The SMILES string of the molecule is Cc1ncc(Cl)cc1C(=O)NC1CCC(Cn2c(=O)n(-c3ccc(C#N)c(F)c3)c3ccccc32)CC1. The highest BCUT2D eigenvalue weighted by atomic mass is 35.5. The van der Waals surface area contributed by atoms with Crippen LogP contribution in [0, 0.1) is 30.0 Å². The van der Waals surface area contributed by atoms with Crippen LogP contribution in [0.15, 0.2) is 59.5 Å². The first-order valence-corrected chi connectivity index (χ1v) is 12.6. The van der Waals surface area contributed by atoms with Gasteiger partial charge in [0.1, 0.15) is 11.9 Å². The van der Waals surface area contributed by atoms with Gasteiger partial charge in [-0.05, 0) is 74.9 Å². The summed E-state index contributed by atoms with van der Waals surface area (Å²) < 4.78 is 17.6. The van der Waals surface area contributed by atoms with Crippen LogP contribution in [-0.2, 0) is 6.54 Å². The van der Waals surface area contributed by atoms with E-state index < -0.39 is 5.82 Å². The van der Waals surface area contributed by atoms with Crippen LogP contribution in [-0.4, -0.2) is 26.1 Å². The van der Waals surface area contributed by atoms with Crippen molar-refractivity contribution >= 4 is 28.5 Å². The van der Waals surface area contributed by atoms with E-state index in [9.17, 15) is 14.0 Å². The molecule has 7 nitrogen and oxygen atoms in total. The number of rotatable bonds is 5. The number of hydrogen-bond donors (Lipinski definition) is 1. The number of carbonyl (C=O) groups is 1. The van der Waals surface area contributed by atoms with Crippen LogP contribution in [0.4, 0.5) is 4.39 Å². The number of nitrogens with zero attached hydrogens (tertiary/aromatic N) is 4. The maximum atomic E-state index is 14.3. The van der Waals surface area contributed by atoms with Crippen LogP contribution >= 0.6 is 11.6 Å². The number of para-hydroxylation sites is 2. The van der Waals surface area contributed by atoms with Gasteiger partial charge in [-0.2, -0.15) is 5.26 Å². The van der Waals surface area contributed by atoms with Crippen molar-refractivity contribution in [3.8, 4) is 11.8 Å². The number of carbonyl (C=O) groups excluding carboxylic acids is 1. The van der Waals surface area contributed by atoms with E-state index in [2.05, 4.69) is 10.3 Å². The van der Waals surface area contributed by atoms with Crippen LogP contribution in [0.5, 0.6) is 0 Å². The summed E-state index contributed by atoms with van der Waals surface area (Å²) in [6.45, 7) is 2.31. The molecule has 0 spiro atoms. The minimum Gasteiger partial charge on any atom is -0.349 e. The van der Waals surface area contributed by atoms with Crippen LogP contribution in [0.3, 0.4) is 0 Å². The van der Waals surface area contributed by atoms with Gasteiger partial charge in [-0.25, -0.2) is 9.18 Å². The van der Waals surface area contributed by atoms with Gasteiger partial charge in [0.2, 0.25) is 0 Å². The number of pyridine rings is 1. The second-order valence-electron chi connectivity index (χ2n) is 9.47. The van der Waals surface area contributed by atoms with Gasteiger partial charge >= 0.3 is 5.69 Å². The Morgan fingerprint density at radius 1 is 1.16 bits per heavy atom. The number of aryl methyl sites for hydroxylation is 1. The lowest BCUT2D eigenvalue weighted by Crippen LogP contribution is -2.39. The van der Waals surface area contributed by atoms with Crippen molar-refractivity contribution in [1.82, 2.24) is 19.4 Å². The molecule has 2 aromatic heterocycles. The standard InChI is InChI=1S/C28H25ClFN5O2/c1-17-23(12-20(29)15-32-17)27(36)33-21-9-6-18(7-10-21)16-34-25-4-2-3-5-26(25)35(28(34)37)22-11-8-19(14-31)24(30)13-22/h2-5,8,11-13,15,18,21H,6-7,9-10,16H2,1H3,(H,33,36). The van der Waals surface area contributed by atoms with E-state index >= 15 is 0 Å². The third-order valence-corrected chi connectivity index (χ3v) is 7.29. The molecule has 1 fully saturated rings. The smallest absolute Gasteiger partial charge is 0.333 e. The Bertz CT molecular complexity index is 1590. The van der Waals surface area contributed by atoms with Crippen LogP contribution < -0.4 is 11.0 Å². The van der Waals surface area contributed by atoms with Gasteiger partial charge in [0.15, 0.2) is 0 Å². The van der Waals surface area contributed by atoms with Crippen molar-refractivity contribution in [1.29, 1.82) is 5.26 Å². The van der Waals surface area contributed by atoms with Crippen LogP contribution in [0.25, 0.3) is 16.7 Å². The molecule has 1 aliphatic rings. The lowest BCUT2D eigenvalue weighted by molar-refractivity contribution is 0.0919. The molecule has 0 saturated heterocycles. The summed E-state index contributed by atoms with van der Waals surface area (Å²) >= 11 is 6.01. The van der Waals surface area contributed by atoms with Crippen molar-refractivity contribution < 1.29 is 9.18 Å². The molecule has 5 rings (SSSR count). The number of hydrogen-bond acceptors (Lipinski definition) is 4. The minimum atomic E-state index is -0.659. The van der Waals surface area contributed by atoms with Gasteiger partial charge in [-0.1, -0.05) is 23.7 Å². The normalized spacial score (nSPS) is 17.5. The summed E-state index contributed by atoms with van der Waals surface area (Å²) in [7, 11) is 0. The molecule has 2 aromatic carbocycles. The predicted molar refractivity (Wildman–Crippen MR) is 139 cm³/mol. The molecule has 1 N–H and O–H groups in total. The summed E-state index contributed by atoms with van der Waals surface area (Å²) in [6, 6.07) is 15.1. The molecule has 0 aliphatic heterocycles. The largest absolute Gasteiger partial charge is 0.349 e. The Labute approximate surface area is 218 Å². The lowest BCUT2D eigenvalue weighted by Gasteiger charge is -2.29. The van der Waals surface area contributed by atoms with Gasteiger partial charge in [-0.15, -0.1) is 0 Å². The Morgan fingerprint density at radius 3 is 2.59 bits per heavy atom. The van der Waals surface area contributed by atoms with Gasteiger partial charge in [0.25, 0.3) is 5.91 Å². The monoisotopic (exact) mass is 517 g/mol.